The number of nitrogens with one attached hydrogen (secondary N) is 1. The number of methoxy groups -OCH3 is 1. The Hall–Kier alpha value is -4.22. The van der Waals surface area contributed by atoms with Crippen molar-refractivity contribution in [3.8, 4) is 27.9 Å². The molecule has 7 nitrogen and oxygen atoms in total. The summed E-state index contributed by atoms with van der Waals surface area (Å²) < 4.78 is 6.69. The first kappa shape index (κ1) is 18.8. The minimum Gasteiger partial charge on any atom is -0.497 e. The van der Waals surface area contributed by atoms with E-state index in [1.54, 1.807) is 30.5 Å². The van der Waals surface area contributed by atoms with Gasteiger partial charge in [0.15, 0.2) is 0 Å². The van der Waals surface area contributed by atoms with Gasteiger partial charge in [-0.25, -0.2) is 9.36 Å². The molecule has 0 saturated heterocycles. The fraction of sp³-hybridized carbons (Fsp3) is 0.0435. The average molecular weight is 426 g/mol. The van der Waals surface area contributed by atoms with E-state index in [2.05, 4.69) is 16.0 Å². The predicted octanol–water partition coefficient (Wildman–Crippen LogP) is 3.84. The first-order valence-corrected chi connectivity index (χ1v) is 10.1. The van der Waals surface area contributed by atoms with Gasteiger partial charge in [0, 0.05) is 27.4 Å². The normalized spacial score (nSPS) is 11.0. The van der Waals surface area contributed by atoms with Crippen LogP contribution in [0, 0.1) is 11.3 Å². The summed E-state index contributed by atoms with van der Waals surface area (Å²) in [6.07, 6.45) is 3.20. The highest BCUT2D eigenvalue weighted by Gasteiger charge is 2.17. The Morgan fingerprint density at radius 3 is 2.77 bits per heavy atom. The molecule has 31 heavy (non-hydrogen) atoms. The number of aromatic amines is 1. The maximum atomic E-state index is 13.3. The number of nitrogens with zero attached hydrogens (tertiary/aromatic N) is 3. The van der Waals surface area contributed by atoms with Gasteiger partial charge < -0.3 is 9.72 Å². The zero-order valence-corrected chi connectivity index (χ0v) is 17.1. The highest BCUT2D eigenvalue weighted by Crippen LogP contribution is 2.34. The van der Waals surface area contributed by atoms with Crippen LogP contribution < -0.4 is 16.0 Å². The third-order valence-corrected chi connectivity index (χ3v) is 6.23. The molecule has 0 fully saturated rings. The quantitative estimate of drug-likeness (QED) is 0.472. The fourth-order valence-electron chi connectivity index (χ4n) is 3.60. The Balaban J connectivity index is 1.76. The summed E-state index contributed by atoms with van der Waals surface area (Å²) >= 11 is 1.23. The Bertz CT molecular complexity index is 1630. The Labute approximate surface area is 179 Å². The van der Waals surface area contributed by atoms with Crippen LogP contribution in [0.15, 0.2) is 70.5 Å². The second-order valence-corrected chi connectivity index (χ2v) is 7.88. The van der Waals surface area contributed by atoms with E-state index >= 15 is 0 Å². The van der Waals surface area contributed by atoms with Gasteiger partial charge in [-0.3, -0.25) is 9.78 Å². The zero-order chi connectivity index (χ0) is 21.5. The highest BCUT2D eigenvalue weighted by molar-refractivity contribution is 7.22. The van der Waals surface area contributed by atoms with E-state index in [0.29, 0.717) is 37.7 Å². The topological polar surface area (TPSA) is 101 Å². The number of nitriles is 1. The SMILES string of the molecule is COc1ccc(-c2cc3[nH]c(=O)n(-c4cncc5ccccc45)c(=O)c3s2)c(C#N)c1. The van der Waals surface area contributed by atoms with Crippen LogP contribution in [0.2, 0.25) is 0 Å². The number of hydrogen-bond acceptors (Lipinski definition) is 6. The third-order valence-electron chi connectivity index (χ3n) is 5.07. The number of rotatable bonds is 3. The molecule has 3 aromatic heterocycles. The number of ether oxygens (including phenoxy) is 1. The molecule has 8 heteroatoms. The number of benzene rings is 2. The standard InChI is InChI=1S/C23H14N4O3S/c1-30-15-6-7-17(14(8-15)10-24)20-9-18-21(31-20)22(28)27(23(29)26-18)19-12-25-11-13-4-2-3-5-16(13)19/h2-9,11-12H,1H3,(H,26,29). The number of fused-ring (bicyclic) bond motifs is 2. The van der Waals surface area contributed by atoms with E-state index in [0.717, 1.165) is 15.3 Å². The summed E-state index contributed by atoms with van der Waals surface area (Å²) in [5.74, 6) is 0.570. The summed E-state index contributed by atoms with van der Waals surface area (Å²) in [5.41, 5.74) is 0.966. The lowest BCUT2D eigenvalue weighted by Crippen LogP contribution is -2.33. The van der Waals surface area contributed by atoms with Gasteiger partial charge >= 0.3 is 5.69 Å². The van der Waals surface area contributed by atoms with Crippen LogP contribution in [-0.2, 0) is 0 Å². The molecule has 150 valence electrons. The van der Waals surface area contributed by atoms with Crippen LogP contribution in [0.25, 0.3) is 37.1 Å². The van der Waals surface area contributed by atoms with Gasteiger partial charge in [-0.2, -0.15) is 5.26 Å². The molecule has 2 aromatic carbocycles. The van der Waals surface area contributed by atoms with E-state index in [9.17, 15) is 14.9 Å². The summed E-state index contributed by atoms with van der Waals surface area (Å²) in [6, 6.07) is 16.5. The number of hydrogen-bond donors (Lipinski definition) is 1. The average Bonchev–Trinajstić information content (AvgIpc) is 3.22. The highest BCUT2D eigenvalue weighted by atomic mass is 32.1. The van der Waals surface area contributed by atoms with Crippen LogP contribution in [0.4, 0.5) is 0 Å². The van der Waals surface area contributed by atoms with Crippen molar-refractivity contribution in [1.82, 2.24) is 14.5 Å². The van der Waals surface area contributed by atoms with Gasteiger partial charge in [0.25, 0.3) is 5.56 Å². The Kier molecular flexibility index (Phi) is 4.38. The molecule has 0 spiro atoms. The fourth-order valence-corrected chi connectivity index (χ4v) is 4.68. The lowest BCUT2D eigenvalue weighted by Gasteiger charge is -2.07. The molecule has 0 bridgehead atoms. The van der Waals surface area contributed by atoms with E-state index in [-0.39, 0.29) is 0 Å². The number of aromatic nitrogens is 3. The molecule has 0 aliphatic rings. The lowest BCUT2D eigenvalue weighted by molar-refractivity contribution is 0.414. The number of H-pyrrole nitrogens is 1. The van der Waals surface area contributed by atoms with E-state index < -0.39 is 11.2 Å². The van der Waals surface area contributed by atoms with Crippen molar-refractivity contribution in [2.75, 3.05) is 7.11 Å². The summed E-state index contributed by atoms with van der Waals surface area (Å²) in [5, 5.41) is 11.1. The number of thiophene rings is 1. The summed E-state index contributed by atoms with van der Waals surface area (Å²) in [4.78, 5) is 33.9. The van der Waals surface area contributed by atoms with E-state index in [1.165, 1.54) is 24.6 Å². The minimum absolute atomic E-state index is 0.391. The summed E-state index contributed by atoms with van der Waals surface area (Å²) in [6.45, 7) is 0. The van der Waals surface area contributed by atoms with Crippen molar-refractivity contribution < 1.29 is 4.74 Å². The zero-order valence-electron chi connectivity index (χ0n) is 16.2. The largest absolute Gasteiger partial charge is 0.497 e. The second kappa shape index (κ2) is 7.23. The molecule has 5 rings (SSSR count). The first-order chi connectivity index (χ1) is 15.1. The molecule has 3 heterocycles. The van der Waals surface area contributed by atoms with Crippen molar-refractivity contribution in [3.63, 3.8) is 0 Å². The summed E-state index contributed by atoms with van der Waals surface area (Å²) in [7, 11) is 1.53. The monoisotopic (exact) mass is 426 g/mol. The third kappa shape index (κ3) is 2.99. The lowest BCUT2D eigenvalue weighted by atomic mass is 10.1. The van der Waals surface area contributed by atoms with Crippen molar-refractivity contribution in [1.29, 1.82) is 5.26 Å². The van der Waals surface area contributed by atoms with Gasteiger partial charge in [0.05, 0.1) is 36.1 Å². The maximum Gasteiger partial charge on any atom is 0.333 e. The molecule has 0 unspecified atom stereocenters. The van der Waals surface area contributed by atoms with Crippen LogP contribution in [0.3, 0.4) is 0 Å². The predicted molar refractivity (Wildman–Crippen MR) is 120 cm³/mol. The molecule has 5 aromatic rings. The Morgan fingerprint density at radius 1 is 1.13 bits per heavy atom. The van der Waals surface area contributed by atoms with Crippen molar-refractivity contribution in [3.05, 3.63) is 87.3 Å². The van der Waals surface area contributed by atoms with Gasteiger partial charge in [-0.15, -0.1) is 11.3 Å². The van der Waals surface area contributed by atoms with Crippen molar-refractivity contribution in [2.24, 2.45) is 0 Å². The molecule has 0 saturated carbocycles. The molecular weight excluding hydrogens is 412 g/mol. The van der Waals surface area contributed by atoms with Gasteiger partial charge in [0.1, 0.15) is 10.4 Å². The molecule has 0 aliphatic heterocycles. The smallest absolute Gasteiger partial charge is 0.333 e. The van der Waals surface area contributed by atoms with Crippen molar-refractivity contribution in [2.45, 2.75) is 0 Å². The first-order valence-electron chi connectivity index (χ1n) is 9.31. The molecule has 0 atom stereocenters. The van der Waals surface area contributed by atoms with E-state index in [1.807, 2.05) is 24.3 Å². The second-order valence-electron chi connectivity index (χ2n) is 6.83. The molecule has 0 aliphatic carbocycles. The van der Waals surface area contributed by atoms with E-state index in [4.69, 9.17) is 4.74 Å². The molecule has 0 amide bonds. The van der Waals surface area contributed by atoms with Gasteiger partial charge in [0.2, 0.25) is 0 Å². The van der Waals surface area contributed by atoms with Crippen LogP contribution in [0.5, 0.6) is 5.75 Å². The van der Waals surface area contributed by atoms with Crippen LogP contribution in [0.1, 0.15) is 5.56 Å². The Morgan fingerprint density at radius 2 is 1.97 bits per heavy atom. The van der Waals surface area contributed by atoms with Crippen LogP contribution >= 0.6 is 11.3 Å². The maximum absolute atomic E-state index is 13.3. The van der Waals surface area contributed by atoms with Gasteiger partial charge in [-0.05, 0) is 24.3 Å². The molecular formula is C23H14N4O3S. The van der Waals surface area contributed by atoms with Crippen LogP contribution in [-0.4, -0.2) is 21.6 Å². The molecule has 1 N–H and O–H groups in total. The number of pyridine rings is 1. The van der Waals surface area contributed by atoms with Gasteiger partial charge in [-0.1, -0.05) is 24.3 Å². The molecule has 0 radical (unpaired) electrons. The minimum atomic E-state index is -0.546. The van der Waals surface area contributed by atoms with Crippen molar-refractivity contribution >= 4 is 32.3 Å².